The fourth-order valence-electron chi connectivity index (χ4n) is 2.47. The van der Waals surface area contributed by atoms with Crippen molar-refractivity contribution in [1.82, 2.24) is 0 Å². The summed E-state index contributed by atoms with van der Waals surface area (Å²) >= 11 is 0. The topological polar surface area (TPSA) is 127 Å². The predicted molar refractivity (Wildman–Crippen MR) is 88.7 cm³/mol. The van der Waals surface area contributed by atoms with Crippen LogP contribution in [0.25, 0.3) is 0 Å². The van der Waals surface area contributed by atoms with Gasteiger partial charge in [-0.15, -0.1) is 0 Å². The maximum Gasteiger partial charge on any atom is 0.207 e. The van der Waals surface area contributed by atoms with Gasteiger partial charge in [0.2, 0.25) is 9.84 Å². The van der Waals surface area contributed by atoms with E-state index in [0.717, 1.165) is 0 Å². The average Bonchev–Trinajstić information content (AvgIpc) is 2.47. The molecule has 0 fully saturated rings. The maximum absolute atomic E-state index is 13.0. The lowest BCUT2D eigenvalue weighted by atomic mass is 10.1. The van der Waals surface area contributed by atoms with E-state index in [4.69, 9.17) is 21.7 Å². The van der Waals surface area contributed by atoms with E-state index >= 15 is 0 Å². The van der Waals surface area contributed by atoms with Crippen molar-refractivity contribution in [3.05, 3.63) is 47.5 Å². The van der Waals surface area contributed by atoms with Crippen LogP contribution in [0, 0.1) is 0 Å². The number of nitrogen functional groups attached to an aromatic ring is 2. The van der Waals surface area contributed by atoms with Crippen molar-refractivity contribution in [3.63, 3.8) is 0 Å². The lowest BCUT2D eigenvalue weighted by Gasteiger charge is -2.14. The molecular weight excluding hydrogens is 316 g/mol. The Hall–Kier alpha value is -2.09. The summed E-state index contributed by atoms with van der Waals surface area (Å²) < 4.78 is 26.0. The SMILES string of the molecule is Nc1ccc(S(=O)(=O)c2ccc(N)cc2CCO)c(CCO)c1. The molecule has 0 spiro atoms. The number of hydrogen-bond donors (Lipinski definition) is 4. The predicted octanol–water partition coefficient (Wildman–Crippen LogP) is 0.753. The summed E-state index contributed by atoms with van der Waals surface area (Å²) in [6.45, 7) is -0.367. The molecule has 7 heteroatoms. The van der Waals surface area contributed by atoms with Crippen molar-refractivity contribution in [1.29, 1.82) is 0 Å². The highest BCUT2D eigenvalue weighted by Crippen LogP contribution is 2.29. The van der Waals surface area contributed by atoms with Crippen LogP contribution in [0.2, 0.25) is 0 Å². The number of aliphatic hydroxyl groups is 2. The standard InChI is InChI=1S/C16H20N2O4S/c17-13-1-3-15(11(9-13)5-7-19)23(21,22)16-4-2-14(18)10-12(16)6-8-20/h1-4,9-10,19-20H,5-8,17-18H2. The van der Waals surface area contributed by atoms with Crippen molar-refractivity contribution >= 4 is 21.2 Å². The first kappa shape index (κ1) is 17.3. The maximum atomic E-state index is 13.0. The molecule has 0 aromatic heterocycles. The zero-order chi connectivity index (χ0) is 17.0. The molecule has 0 heterocycles. The Balaban J connectivity index is 2.64. The van der Waals surface area contributed by atoms with Gasteiger partial charge in [-0.2, -0.15) is 0 Å². The van der Waals surface area contributed by atoms with Crippen LogP contribution in [0.15, 0.2) is 46.2 Å². The molecule has 0 radical (unpaired) electrons. The first-order valence-corrected chi connectivity index (χ1v) is 8.62. The molecule has 0 bridgehead atoms. The van der Waals surface area contributed by atoms with Gasteiger partial charge in [-0.1, -0.05) is 0 Å². The zero-order valence-corrected chi connectivity index (χ0v) is 13.4. The lowest BCUT2D eigenvalue weighted by Crippen LogP contribution is -2.11. The highest BCUT2D eigenvalue weighted by Gasteiger charge is 2.24. The van der Waals surface area contributed by atoms with Gasteiger partial charge in [0.1, 0.15) is 0 Å². The Labute approximate surface area is 135 Å². The molecule has 2 aromatic carbocycles. The second-order valence-electron chi connectivity index (χ2n) is 5.18. The van der Waals surface area contributed by atoms with Gasteiger partial charge in [0.05, 0.1) is 9.79 Å². The van der Waals surface area contributed by atoms with Gasteiger partial charge in [0, 0.05) is 24.6 Å². The smallest absolute Gasteiger partial charge is 0.207 e. The highest BCUT2D eigenvalue weighted by molar-refractivity contribution is 7.91. The molecule has 23 heavy (non-hydrogen) atoms. The van der Waals surface area contributed by atoms with Crippen molar-refractivity contribution in [2.45, 2.75) is 22.6 Å². The Kier molecular flexibility index (Phi) is 5.25. The molecular formula is C16H20N2O4S. The minimum Gasteiger partial charge on any atom is -0.399 e. The monoisotopic (exact) mass is 336 g/mol. The number of anilines is 2. The van der Waals surface area contributed by atoms with E-state index in [2.05, 4.69) is 0 Å². The number of sulfone groups is 1. The van der Waals surface area contributed by atoms with Gasteiger partial charge in [0.25, 0.3) is 0 Å². The van der Waals surface area contributed by atoms with E-state index < -0.39 is 9.84 Å². The van der Waals surface area contributed by atoms with Gasteiger partial charge in [-0.05, 0) is 60.4 Å². The molecule has 2 rings (SSSR count). The van der Waals surface area contributed by atoms with Crippen molar-refractivity contribution in [2.24, 2.45) is 0 Å². The molecule has 0 saturated carbocycles. The minimum atomic E-state index is -3.81. The van der Waals surface area contributed by atoms with E-state index in [0.29, 0.717) is 22.5 Å². The average molecular weight is 336 g/mol. The Morgan fingerprint density at radius 2 is 1.17 bits per heavy atom. The van der Waals surface area contributed by atoms with E-state index in [1.54, 1.807) is 12.1 Å². The summed E-state index contributed by atoms with van der Waals surface area (Å²) in [4.78, 5) is 0.203. The van der Waals surface area contributed by atoms with E-state index in [1.807, 2.05) is 0 Å². The number of hydrogen-bond acceptors (Lipinski definition) is 6. The van der Waals surface area contributed by atoms with Crippen LogP contribution in [0.1, 0.15) is 11.1 Å². The number of aliphatic hydroxyl groups excluding tert-OH is 2. The summed E-state index contributed by atoms with van der Waals surface area (Å²) in [7, 11) is -3.81. The van der Waals surface area contributed by atoms with E-state index in [1.165, 1.54) is 24.3 Å². The third-order valence-electron chi connectivity index (χ3n) is 3.51. The summed E-state index contributed by atoms with van der Waals surface area (Å²) in [6.07, 6.45) is 0.369. The summed E-state index contributed by atoms with van der Waals surface area (Å²) in [6, 6.07) is 9.00. The van der Waals surface area contributed by atoms with Crippen LogP contribution in [-0.4, -0.2) is 31.8 Å². The van der Waals surface area contributed by atoms with Gasteiger partial charge >= 0.3 is 0 Å². The normalized spacial score (nSPS) is 11.6. The molecule has 0 aliphatic carbocycles. The second-order valence-corrected chi connectivity index (χ2v) is 7.07. The number of rotatable bonds is 6. The fourth-order valence-corrected chi connectivity index (χ4v) is 4.22. The quantitative estimate of drug-likeness (QED) is 0.577. The first-order valence-electron chi connectivity index (χ1n) is 7.13. The van der Waals surface area contributed by atoms with Crippen molar-refractivity contribution in [2.75, 3.05) is 24.7 Å². The van der Waals surface area contributed by atoms with Crippen LogP contribution in [0.5, 0.6) is 0 Å². The van der Waals surface area contributed by atoms with Gasteiger partial charge in [0.15, 0.2) is 0 Å². The van der Waals surface area contributed by atoms with Crippen LogP contribution in [-0.2, 0) is 22.7 Å². The van der Waals surface area contributed by atoms with Gasteiger partial charge in [-0.25, -0.2) is 8.42 Å². The van der Waals surface area contributed by atoms with Crippen LogP contribution < -0.4 is 11.5 Å². The third kappa shape index (κ3) is 3.64. The molecule has 6 N–H and O–H groups in total. The van der Waals surface area contributed by atoms with Gasteiger partial charge < -0.3 is 21.7 Å². The molecule has 0 saturated heterocycles. The fraction of sp³-hybridized carbons (Fsp3) is 0.250. The molecule has 0 aliphatic heterocycles. The molecule has 124 valence electrons. The Morgan fingerprint density at radius 1 is 0.783 bits per heavy atom. The van der Waals surface area contributed by atoms with Crippen molar-refractivity contribution in [3.8, 4) is 0 Å². The first-order chi connectivity index (χ1) is 10.9. The molecule has 0 aliphatic rings. The summed E-state index contributed by atoms with van der Waals surface area (Å²) in [5, 5.41) is 18.3. The van der Waals surface area contributed by atoms with Crippen LogP contribution in [0.4, 0.5) is 11.4 Å². The number of benzene rings is 2. The highest BCUT2D eigenvalue weighted by atomic mass is 32.2. The largest absolute Gasteiger partial charge is 0.399 e. The summed E-state index contributed by atoms with van der Waals surface area (Å²) in [5.41, 5.74) is 13.2. The number of nitrogens with two attached hydrogens (primary N) is 2. The third-order valence-corrected chi connectivity index (χ3v) is 5.47. The van der Waals surface area contributed by atoms with E-state index in [9.17, 15) is 8.42 Å². The molecule has 2 aromatic rings. The second kappa shape index (κ2) is 6.99. The molecule has 6 nitrogen and oxygen atoms in total. The van der Waals surface area contributed by atoms with E-state index in [-0.39, 0.29) is 35.8 Å². The Morgan fingerprint density at radius 3 is 1.52 bits per heavy atom. The van der Waals surface area contributed by atoms with Crippen LogP contribution in [0.3, 0.4) is 0 Å². The lowest BCUT2D eigenvalue weighted by molar-refractivity contribution is 0.298. The molecule has 0 amide bonds. The van der Waals surface area contributed by atoms with Crippen molar-refractivity contribution < 1.29 is 18.6 Å². The zero-order valence-electron chi connectivity index (χ0n) is 12.6. The molecule has 0 unspecified atom stereocenters. The Bertz CT molecular complexity index is 742. The summed E-state index contributed by atoms with van der Waals surface area (Å²) in [5.74, 6) is 0. The van der Waals surface area contributed by atoms with Gasteiger partial charge in [-0.3, -0.25) is 0 Å². The minimum absolute atomic E-state index is 0.102. The molecule has 0 atom stereocenters. The van der Waals surface area contributed by atoms with Crippen LogP contribution >= 0.6 is 0 Å².